The van der Waals surface area contributed by atoms with E-state index in [1.807, 2.05) is 18.2 Å². The number of hydrogen-bond acceptors (Lipinski definition) is 3. The standard InChI is InChI=1S/C16H24N4/c1-4-13(5-2)12(3)17-11-15-16(19-20-18-15)14-9-7-6-8-10-14/h6-10,12-13,17H,4-5,11H2,1-3H3,(H,18,19,20). The molecule has 0 saturated heterocycles. The lowest BCUT2D eigenvalue weighted by atomic mass is 9.95. The van der Waals surface area contributed by atoms with Crippen LogP contribution in [-0.2, 0) is 6.54 Å². The molecule has 1 aromatic carbocycles. The van der Waals surface area contributed by atoms with Crippen LogP contribution in [0.3, 0.4) is 0 Å². The number of nitrogens with one attached hydrogen (secondary N) is 2. The molecular weight excluding hydrogens is 248 g/mol. The molecule has 0 aliphatic heterocycles. The molecule has 0 aliphatic carbocycles. The van der Waals surface area contributed by atoms with Gasteiger partial charge in [-0.2, -0.15) is 15.4 Å². The van der Waals surface area contributed by atoms with Crippen LogP contribution in [0.15, 0.2) is 30.3 Å². The second kappa shape index (κ2) is 7.20. The lowest BCUT2D eigenvalue weighted by molar-refractivity contribution is 0.352. The second-order valence-corrected chi connectivity index (χ2v) is 5.23. The largest absolute Gasteiger partial charge is 0.308 e. The van der Waals surface area contributed by atoms with Gasteiger partial charge in [-0.3, -0.25) is 0 Å². The highest BCUT2D eigenvalue weighted by Gasteiger charge is 2.15. The summed E-state index contributed by atoms with van der Waals surface area (Å²) < 4.78 is 0. The van der Waals surface area contributed by atoms with Crippen LogP contribution in [0.4, 0.5) is 0 Å². The van der Waals surface area contributed by atoms with Gasteiger partial charge in [0.25, 0.3) is 0 Å². The third-order valence-corrected chi connectivity index (χ3v) is 4.01. The van der Waals surface area contributed by atoms with Crippen molar-refractivity contribution in [3.05, 3.63) is 36.0 Å². The van der Waals surface area contributed by atoms with Crippen molar-refractivity contribution >= 4 is 0 Å². The Labute approximate surface area is 121 Å². The van der Waals surface area contributed by atoms with E-state index in [0.717, 1.165) is 23.5 Å². The Bertz CT molecular complexity index is 502. The molecule has 1 heterocycles. The van der Waals surface area contributed by atoms with E-state index >= 15 is 0 Å². The molecule has 1 unspecified atom stereocenters. The molecule has 2 N–H and O–H groups in total. The van der Waals surface area contributed by atoms with Crippen LogP contribution in [0.25, 0.3) is 11.3 Å². The van der Waals surface area contributed by atoms with Gasteiger partial charge in [0.05, 0.1) is 0 Å². The quantitative estimate of drug-likeness (QED) is 0.812. The maximum Gasteiger partial charge on any atom is 0.117 e. The molecule has 4 heteroatoms. The second-order valence-electron chi connectivity index (χ2n) is 5.23. The summed E-state index contributed by atoms with van der Waals surface area (Å²) in [6, 6.07) is 10.7. The SMILES string of the molecule is CCC(CC)C(C)NCc1n[nH]nc1-c1ccccc1. The van der Waals surface area contributed by atoms with Crippen molar-refractivity contribution in [2.45, 2.75) is 46.2 Å². The Morgan fingerprint density at radius 2 is 1.80 bits per heavy atom. The number of H-pyrrole nitrogens is 1. The predicted octanol–water partition coefficient (Wildman–Crippen LogP) is 3.39. The fourth-order valence-corrected chi connectivity index (χ4v) is 2.62. The molecule has 0 aliphatic rings. The van der Waals surface area contributed by atoms with E-state index in [4.69, 9.17) is 0 Å². The van der Waals surface area contributed by atoms with Crippen LogP contribution in [-0.4, -0.2) is 21.5 Å². The van der Waals surface area contributed by atoms with Crippen LogP contribution in [0.5, 0.6) is 0 Å². The van der Waals surface area contributed by atoms with E-state index in [0.29, 0.717) is 12.0 Å². The normalized spacial score (nSPS) is 12.8. The van der Waals surface area contributed by atoms with Crippen LogP contribution in [0.1, 0.15) is 39.3 Å². The molecule has 0 spiro atoms. The van der Waals surface area contributed by atoms with Crippen LogP contribution in [0, 0.1) is 5.92 Å². The number of aromatic nitrogens is 3. The molecule has 0 radical (unpaired) electrons. The summed E-state index contributed by atoms with van der Waals surface area (Å²) in [6.07, 6.45) is 2.41. The number of rotatable bonds is 7. The summed E-state index contributed by atoms with van der Waals surface area (Å²) >= 11 is 0. The fraction of sp³-hybridized carbons (Fsp3) is 0.500. The first-order chi connectivity index (χ1) is 9.76. The van der Waals surface area contributed by atoms with Crippen molar-refractivity contribution in [2.24, 2.45) is 5.92 Å². The van der Waals surface area contributed by atoms with Gasteiger partial charge in [0.2, 0.25) is 0 Å². The van der Waals surface area contributed by atoms with Crippen molar-refractivity contribution in [3.8, 4) is 11.3 Å². The lowest BCUT2D eigenvalue weighted by Crippen LogP contribution is -2.32. The Morgan fingerprint density at radius 1 is 1.10 bits per heavy atom. The maximum atomic E-state index is 4.28. The van der Waals surface area contributed by atoms with Gasteiger partial charge in [0, 0.05) is 18.2 Å². The first-order valence-corrected chi connectivity index (χ1v) is 7.44. The minimum Gasteiger partial charge on any atom is -0.308 e. The molecule has 0 saturated carbocycles. The summed E-state index contributed by atoms with van der Waals surface area (Å²) in [7, 11) is 0. The molecule has 108 valence electrons. The molecular formula is C16H24N4. The van der Waals surface area contributed by atoms with Gasteiger partial charge in [-0.25, -0.2) is 0 Å². The van der Waals surface area contributed by atoms with Gasteiger partial charge < -0.3 is 5.32 Å². The van der Waals surface area contributed by atoms with E-state index in [1.54, 1.807) is 0 Å². The van der Waals surface area contributed by atoms with E-state index in [9.17, 15) is 0 Å². The summed E-state index contributed by atoms with van der Waals surface area (Å²) in [5, 5.41) is 14.9. The molecule has 0 bridgehead atoms. The first-order valence-electron chi connectivity index (χ1n) is 7.44. The van der Waals surface area contributed by atoms with Gasteiger partial charge in [-0.1, -0.05) is 57.0 Å². The van der Waals surface area contributed by atoms with Crippen LogP contribution < -0.4 is 5.32 Å². The highest BCUT2D eigenvalue weighted by molar-refractivity contribution is 5.60. The van der Waals surface area contributed by atoms with Crippen molar-refractivity contribution in [2.75, 3.05) is 0 Å². The smallest absolute Gasteiger partial charge is 0.117 e. The van der Waals surface area contributed by atoms with Gasteiger partial charge in [0.1, 0.15) is 11.4 Å². The molecule has 0 amide bonds. The zero-order chi connectivity index (χ0) is 14.4. The molecule has 4 nitrogen and oxygen atoms in total. The zero-order valence-electron chi connectivity index (χ0n) is 12.6. The van der Waals surface area contributed by atoms with Crippen molar-refractivity contribution in [3.63, 3.8) is 0 Å². The first kappa shape index (κ1) is 14.7. The monoisotopic (exact) mass is 272 g/mol. The number of hydrogen-bond donors (Lipinski definition) is 2. The lowest BCUT2D eigenvalue weighted by Gasteiger charge is -2.22. The highest BCUT2D eigenvalue weighted by Crippen LogP contribution is 2.19. The maximum absolute atomic E-state index is 4.28. The van der Waals surface area contributed by atoms with Gasteiger partial charge in [-0.15, -0.1) is 0 Å². The topological polar surface area (TPSA) is 53.6 Å². The van der Waals surface area contributed by atoms with E-state index in [2.05, 4.69) is 53.6 Å². The third kappa shape index (κ3) is 3.45. The minimum absolute atomic E-state index is 0.491. The van der Waals surface area contributed by atoms with E-state index in [-0.39, 0.29) is 0 Å². The Balaban J connectivity index is 2.03. The van der Waals surface area contributed by atoms with Gasteiger partial charge >= 0.3 is 0 Å². The van der Waals surface area contributed by atoms with Crippen LogP contribution in [0.2, 0.25) is 0 Å². The minimum atomic E-state index is 0.491. The van der Waals surface area contributed by atoms with Gasteiger partial charge in [-0.05, 0) is 12.8 Å². The average Bonchev–Trinajstić information content (AvgIpc) is 2.95. The van der Waals surface area contributed by atoms with Crippen molar-refractivity contribution in [1.82, 2.24) is 20.7 Å². The van der Waals surface area contributed by atoms with Crippen molar-refractivity contribution in [1.29, 1.82) is 0 Å². The predicted molar refractivity (Wildman–Crippen MR) is 82.2 cm³/mol. The summed E-state index contributed by atoms with van der Waals surface area (Å²) in [5.74, 6) is 0.710. The summed E-state index contributed by atoms with van der Waals surface area (Å²) in [5.41, 5.74) is 3.03. The molecule has 20 heavy (non-hydrogen) atoms. The molecule has 1 atom stereocenters. The third-order valence-electron chi connectivity index (χ3n) is 4.01. The number of nitrogens with zero attached hydrogens (tertiary/aromatic N) is 2. The molecule has 1 aromatic heterocycles. The number of benzene rings is 1. The van der Waals surface area contributed by atoms with E-state index < -0.39 is 0 Å². The fourth-order valence-electron chi connectivity index (χ4n) is 2.62. The van der Waals surface area contributed by atoms with E-state index in [1.165, 1.54) is 12.8 Å². The number of aromatic amines is 1. The Kier molecular flexibility index (Phi) is 5.30. The summed E-state index contributed by atoms with van der Waals surface area (Å²) in [4.78, 5) is 0. The Hall–Kier alpha value is -1.68. The molecule has 2 aromatic rings. The Morgan fingerprint density at radius 3 is 2.45 bits per heavy atom. The zero-order valence-corrected chi connectivity index (χ0v) is 12.6. The summed E-state index contributed by atoms with van der Waals surface area (Å²) in [6.45, 7) is 7.49. The average molecular weight is 272 g/mol. The highest BCUT2D eigenvalue weighted by atomic mass is 15.3. The van der Waals surface area contributed by atoms with Crippen LogP contribution >= 0.6 is 0 Å². The van der Waals surface area contributed by atoms with Crippen molar-refractivity contribution < 1.29 is 0 Å². The van der Waals surface area contributed by atoms with Gasteiger partial charge in [0.15, 0.2) is 0 Å². The molecule has 2 rings (SSSR count). The molecule has 0 fully saturated rings.